The van der Waals surface area contributed by atoms with Crippen LogP contribution in [0.3, 0.4) is 0 Å². The molecule has 1 fully saturated rings. The lowest BCUT2D eigenvalue weighted by Crippen LogP contribution is -2.53. The predicted octanol–water partition coefficient (Wildman–Crippen LogP) is 4.40. The third-order valence-corrected chi connectivity index (χ3v) is 5.48. The van der Waals surface area contributed by atoms with Gasteiger partial charge in [-0.1, -0.05) is 60.7 Å². The Morgan fingerprint density at radius 2 is 1.52 bits per heavy atom. The zero-order valence-corrected chi connectivity index (χ0v) is 17.3. The van der Waals surface area contributed by atoms with Crippen LogP contribution in [0.4, 0.5) is 13.2 Å². The second kappa shape index (κ2) is 9.80. The minimum absolute atomic E-state index is 0.316. The van der Waals surface area contributed by atoms with Crippen LogP contribution < -0.4 is 0 Å². The van der Waals surface area contributed by atoms with Crippen LogP contribution in [0.2, 0.25) is 0 Å². The highest BCUT2D eigenvalue weighted by atomic mass is 19.4. The van der Waals surface area contributed by atoms with Crippen LogP contribution in [0.1, 0.15) is 24.0 Å². The van der Waals surface area contributed by atoms with E-state index in [2.05, 4.69) is 0 Å². The molecule has 0 unspecified atom stereocenters. The number of carbonyl (C=O) groups is 1. The van der Waals surface area contributed by atoms with E-state index in [1.54, 1.807) is 6.07 Å². The largest absolute Gasteiger partial charge is 0.457 e. The minimum atomic E-state index is -5.02. The zero-order valence-electron chi connectivity index (χ0n) is 17.3. The smallest absolute Gasteiger partial charge is 0.432 e. The summed E-state index contributed by atoms with van der Waals surface area (Å²) in [5.41, 5.74) is -2.62. The molecule has 8 heteroatoms. The van der Waals surface area contributed by atoms with Gasteiger partial charge in [0.15, 0.2) is 0 Å². The molecule has 0 aliphatic heterocycles. The molecule has 3 rings (SSSR count). The molecule has 31 heavy (non-hydrogen) atoms. The average Bonchev–Trinajstić information content (AvgIpc) is 3.15. The van der Waals surface area contributed by atoms with Crippen LogP contribution in [-0.4, -0.2) is 44.7 Å². The molecular formula is C23H25F3O5. The molecule has 0 saturated heterocycles. The fourth-order valence-corrected chi connectivity index (χ4v) is 3.89. The lowest BCUT2D eigenvalue weighted by Gasteiger charge is -2.34. The van der Waals surface area contributed by atoms with E-state index in [1.165, 1.54) is 31.4 Å². The van der Waals surface area contributed by atoms with Crippen LogP contribution in [-0.2, 0) is 35.9 Å². The van der Waals surface area contributed by atoms with Crippen molar-refractivity contribution >= 4 is 5.97 Å². The zero-order chi connectivity index (χ0) is 22.5. The van der Waals surface area contributed by atoms with Crippen LogP contribution in [0.15, 0.2) is 60.7 Å². The minimum Gasteiger partial charge on any atom is -0.457 e. The molecule has 0 heterocycles. The number of carbonyl (C=O) groups excluding carboxylic acids is 1. The lowest BCUT2D eigenvalue weighted by molar-refractivity contribution is -0.279. The summed E-state index contributed by atoms with van der Waals surface area (Å²) in [6, 6.07) is 16.2. The van der Waals surface area contributed by atoms with Crippen LogP contribution in [0.5, 0.6) is 0 Å². The van der Waals surface area contributed by atoms with Crippen molar-refractivity contribution in [3.63, 3.8) is 0 Å². The van der Waals surface area contributed by atoms with E-state index in [9.17, 15) is 18.0 Å². The Morgan fingerprint density at radius 3 is 2.06 bits per heavy atom. The number of hydrogen-bond acceptors (Lipinski definition) is 5. The first-order chi connectivity index (χ1) is 14.8. The number of esters is 1. The van der Waals surface area contributed by atoms with Gasteiger partial charge in [0.05, 0.1) is 12.7 Å². The number of ether oxygens (including phenoxy) is 4. The first kappa shape index (κ1) is 23.2. The van der Waals surface area contributed by atoms with E-state index in [4.69, 9.17) is 18.9 Å². The Kier molecular flexibility index (Phi) is 7.35. The van der Waals surface area contributed by atoms with E-state index in [1.807, 2.05) is 30.3 Å². The summed E-state index contributed by atoms with van der Waals surface area (Å²) in [6.45, 7) is 0.320. The quantitative estimate of drug-likeness (QED) is 0.572. The molecule has 1 aliphatic rings. The van der Waals surface area contributed by atoms with Gasteiger partial charge >= 0.3 is 12.1 Å². The van der Waals surface area contributed by atoms with E-state index in [-0.39, 0.29) is 5.56 Å². The van der Waals surface area contributed by atoms with Gasteiger partial charge in [-0.15, -0.1) is 0 Å². The van der Waals surface area contributed by atoms with E-state index in [0.717, 1.165) is 12.7 Å². The molecule has 1 saturated carbocycles. The van der Waals surface area contributed by atoms with Gasteiger partial charge in [-0.3, -0.25) is 0 Å². The fourth-order valence-electron chi connectivity index (χ4n) is 3.89. The number of halogens is 3. The molecule has 0 amide bonds. The van der Waals surface area contributed by atoms with Gasteiger partial charge < -0.3 is 18.9 Å². The summed E-state index contributed by atoms with van der Waals surface area (Å²) in [6.07, 6.45) is -6.21. The van der Waals surface area contributed by atoms with Gasteiger partial charge in [-0.05, 0) is 18.4 Å². The summed E-state index contributed by atoms with van der Waals surface area (Å²) in [5.74, 6) is -1.52. The van der Waals surface area contributed by atoms with E-state index < -0.39 is 36.1 Å². The second-order valence-corrected chi connectivity index (χ2v) is 7.31. The number of benzene rings is 2. The molecule has 0 spiro atoms. The van der Waals surface area contributed by atoms with Crippen molar-refractivity contribution < 1.29 is 36.9 Å². The van der Waals surface area contributed by atoms with Crippen LogP contribution in [0.25, 0.3) is 0 Å². The third kappa shape index (κ3) is 4.76. The number of alkyl halides is 3. The van der Waals surface area contributed by atoms with Crippen molar-refractivity contribution in [3.8, 4) is 0 Å². The molecule has 0 radical (unpaired) electrons. The standard InChI is InChI=1S/C23H25F3O5/c1-28-20-18(30-15-16-9-5-3-6-10-16)13-14-19(20)31-21(27)22(29-2,23(24,25)26)17-11-7-4-8-12-17/h3-12,18-20H,13-15H2,1-2H3/t18-,19+,20+,22+/m0/s1. The maximum atomic E-state index is 14.1. The Hall–Kier alpha value is -2.42. The summed E-state index contributed by atoms with van der Waals surface area (Å²) < 4.78 is 63.7. The van der Waals surface area contributed by atoms with Crippen molar-refractivity contribution in [2.75, 3.05) is 14.2 Å². The van der Waals surface area contributed by atoms with Crippen molar-refractivity contribution in [2.45, 2.75) is 49.5 Å². The van der Waals surface area contributed by atoms with Gasteiger partial charge in [0.2, 0.25) is 0 Å². The van der Waals surface area contributed by atoms with Crippen molar-refractivity contribution in [1.29, 1.82) is 0 Å². The molecule has 0 bridgehead atoms. The van der Waals surface area contributed by atoms with Gasteiger partial charge in [0.1, 0.15) is 12.2 Å². The molecule has 0 N–H and O–H groups in total. The maximum absolute atomic E-state index is 14.1. The van der Waals surface area contributed by atoms with Gasteiger partial charge in [-0.25, -0.2) is 4.79 Å². The second-order valence-electron chi connectivity index (χ2n) is 7.31. The lowest BCUT2D eigenvalue weighted by atomic mass is 9.92. The molecule has 2 aromatic carbocycles. The summed E-state index contributed by atoms with van der Waals surface area (Å²) in [7, 11) is 2.26. The van der Waals surface area contributed by atoms with E-state index in [0.29, 0.717) is 19.4 Å². The first-order valence-corrected chi connectivity index (χ1v) is 9.90. The van der Waals surface area contributed by atoms with Crippen LogP contribution >= 0.6 is 0 Å². The average molecular weight is 438 g/mol. The topological polar surface area (TPSA) is 54.0 Å². The molecule has 168 valence electrons. The van der Waals surface area contributed by atoms with Crippen molar-refractivity contribution in [1.82, 2.24) is 0 Å². The Morgan fingerprint density at radius 1 is 0.935 bits per heavy atom. The summed E-state index contributed by atoms with van der Waals surface area (Å²) in [4.78, 5) is 12.9. The maximum Gasteiger partial charge on any atom is 0.432 e. The number of methoxy groups -OCH3 is 2. The number of hydrogen-bond donors (Lipinski definition) is 0. The molecular weight excluding hydrogens is 413 g/mol. The SMILES string of the molecule is CO[C@@H]1[C@@H](OCc2ccccc2)CC[C@H]1OC(=O)[C@](OC)(c1ccccc1)C(F)(F)F. The van der Waals surface area contributed by atoms with Gasteiger partial charge in [-0.2, -0.15) is 13.2 Å². The molecule has 5 nitrogen and oxygen atoms in total. The third-order valence-electron chi connectivity index (χ3n) is 5.48. The molecule has 4 atom stereocenters. The summed E-state index contributed by atoms with van der Waals surface area (Å²) in [5, 5.41) is 0. The van der Waals surface area contributed by atoms with Gasteiger partial charge in [0.25, 0.3) is 5.60 Å². The summed E-state index contributed by atoms with van der Waals surface area (Å²) >= 11 is 0. The highest BCUT2D eigenvalue weighted by Crippen LogP contribution is 2.44. The Bertz CT molecular complexity index is 843. The number of rotatable bonds is 8. The van der Waals surface area contributed by atoms with Crippen molar-refractivity contribution in [3.05, 3.63) is 71.8 Å². The van der Waals surface area contributed by atoms with E-state index >= 15 is 0 Å². The Balaban J connectivity index is 1.75. The highest BCUT2D eigenvalue weighted by molar-refractivity contribution is 5.83. The van der Waals surface area contributed by atoms with Crippen molar-refractivity contribution in [2.24, 2.45) is 0 Å². The highest BCUT2D eigenvalue weighted by Gasteiger charge is 2.64. The normalized spacial score (nSPS) is 23.3. The predicted molar refractivity (Wildman–Crippen MR) is 106 cm³/mol. The first-order valence-electron chi connectivity index (χ1n) is 9.90. The Labute approximate surface area is 179 Å². The van der Waals surface area contributed by atoms with Gasteiger partial charge in [0, 0.05) is 19.8 Å². The fraction of sp³-hybridized carbons (Fsp3) is 0.435. The molecule has 1 aliphatic carbocycles. The molecule has 0 aromatic heterocycles. The van der Waals surface area contributed by atoms with Crippen LogP contribution in [0, 0.1) is 0 Å². The molecule has 2 aromatic rings. The monoisotopic (exact) mass is 438 g/mol.